The zero-order valence-corrected chi connectivity index (χ0v) is 11.8. The summed E-state index contributed by atoms with van der Waals surface area (Å²) in [6.45, 7) is 3.47. The first-order valence-electron chi connectivity index (χ1n) is 6.01. The second-order valence-electron chi connectivity index (χ2n) is 4.58. The molecule has 2 heterocycles. The summed E-state index contributed by atoms with van der Waals surface area (Å²) in [5.74, 6) is -1.75. The number of nitrogens with zero attached hydrogens (tertiary/aromatic N) is 1. The van der Waals surface area contributed by atoms with Crippen molar-refractivity contribution in [2.24, 2.45) is 5.92 Å². The van der Waals surface area contributed by atoms with E-state index < -0.39 is 17.9 Å². The molecule has 1 amide bonds. The van der Waals surface area contributed by atoms with E-state index in [1.54, 1.807) is 25.3 Å². The molecule has 2 aromatic heterocycles. The maximum atomic E-state index is 12.0. The molecule has 0 fully saturated rings. The van der Waals surface area contributed by atoms with Gasteiger partial charge < -0.3 is 14.8 Å². The molecule has 1 atom stereocenters. The van der Waals surface area contributed by atoms with Gasteiger partial charge in [0.2, 0.25) is 0 Å². The summed E-state index contributed by atoms with van der Waals surface area (Å²) in [6.07, 6.45) is 3.06. The summed E-state index contributed by atoms with van der Waals surface area (Å²) in [6, 6.07) is 0.816. The van der Waals surface area contributed by atoms with Crippen LogP contribution < -0.4 is 5.32 Å². The van der Waals surface area contributed by atoms with Crippen LogP contribution in [0.5, 0.6) is 0 Å². The zero-order valence-electron chi connectivity index (χ0n) is 11.0. The fourth-order valence-corrected chi connectivity index (χ4v) is 2.41. The van der Waals surface area contributed by atoms with Crippen molar-refractivity contribution in [2.75, 3.05) is 0 Å². The Morgan fingerprint density at radius 2 is 2.20 bits per heavy atom. The maximum Gasteiger partial charge on any atom is 0.326 e. The minimum absolute atomic E-state index is 0.205. The molecular weight excluding hydrogens is 280 g/mol. The Hall–Kier alpha value is -2.15. The number of hydrogen-bond donors (Lipinski definition) is 2. The van der Waals surface area contributed by atoms with Crippen LogP contribution in [0, 0.1) is 5.92 Å². The molecule has 2 N–H and O–H groups in total. The summed E-state index contributed by atoms with van der Waals surface area (Å²) in [5.41, 5.74) is 0.991. The lowest BCUT2D eigenvalue weighted by molar-refractivity contribution is -0.140. The number of carbonyl (C=O) groups excluding carboxylic acids is 1. The highest BCUT2D eigenvalue weighted by atomic mass is 32.1. The second-order valence-corrected chi connectivity index (χ2v) is 5.44. The van der Waals surface area contributed by atoms with E-state index >= 15 is 0 Å². The number of carboxylic acid groups (broad SMARTS) is 1. The van der Waals surface area contributed by atoms with Gasteiger partial charge in [-0.1, -0.05) is 13.8 Å². The average molecular weight is 294 g/mol. The molecule has 106 valence electrons. The fraction of sp³-hybridized carbons (Fsp3) is 0.308. The van der Waals surface area contributed by atoms with Gasteiger partial charge in [0.25, 0.3) is 5.91 Å². The molecule has 20 heavy (non-hydrogen) atoms. The third kappa shape index (κ3) is 3.05. The predicted octanol–water partition coefficient (Wildman–Crippen LogP) is 2.24. The van der Waals surface area contributed by atoms with Gasteiger partial charge in [-0.05, 0) is 12.0 Å². The van der Waals surface area contributed by atoms with Gasteiger partial charge in [0.05, 0.1) is 6.26 Å². The number of rotatable bonds is 5. The predicted molar refractivity (Wildman–Crippen MR) is 73.5 cm³/mol. The molecule has 0 aliphatic carbocycles. The lowest BCUT2D eigenvalue weighted by atomic mass is 10.0. The van der Waals surface area contributed by atoms with Crippen LogP contribution in [0.2, 0.25) is 0 Å². The second kappa shape index (κ2) is 5.87. The minimum Gasteiger partial charge on any atom is -0.480 e. The molecule has 2 aromatic rings. The average Bonchev–Trinajstić information content (AvgIpc) is 3.04. The number of aliphatic carboxylic acids is 1. The van der Waals surface area contributed by atoms with Crippen LogP contribution in [0.1, 0.15) is 24.3 Å². The van der Waals surface area contributed by atoms with Gasteiger partial charge in [-0.2, -0.15) is 0 Å². The number of nitrogens with one attached hydrogen (secondary N) is 1. The lowest BCUT2D eigenvalue weighted by Crippen LogP contribution is -2.44. The Morgan fingerprint density at radius 3 is 2.75 bits per heavy atom. The molecule has 0 aliphatic heterocycles. The van der Waals surface area contributed by atoms with Gasteiger partial charge in [-0.3, -0.25) is 4.79 Å². The van der Waals surface area contributed by atoms with Crippen LogP contribution in [0.4, 0.5) is 0 Å². The van der Waals surface area contributed by atoms with E-state index in [9.17, 15) is 9.59 Å². The van der Waals surface area contributed by atoms with E-state index in [1.807, 2.05) is 0 Å². The summed E-state index contributed by atoms with van der Waals surface area (Å²) < 4.78 is 4.95. The monoisotopic (exact) mass is 294 g/mol. The third-order valence-corrected chi connectivity index (χ3v) is 3.62. The number of thiazole rings is 1. The molecule has 0 aromatic carbocycles. The fourth-order valence-electron chi connectivity index (χ4n) is 1.63. The van der Waals surface area contributed by atoms with E-state index in [1.165, 1.54) is 23.9 Å². The van der Waals surface area contributed by atoms with Crippen molar-refractivity contribution >= 4 is 23.2 Å². The van der Waals surface area contributed by atoms with E-state index in [0.717, 1.165) is 5.56 Å². The normalized spacial score (nSPS) is 12.3. The number of furan rings is 1. The molecule has 0 radical (unpaired) electrons. The Morgan fingerprint density at radius 1 is 1.45 bits per heavy atom. The van der Waals surface area contributed by atoms with E-state index in [2.05, 4.69) is 10.3 Å². The Kier molecular flexibility index (Phi) is 4.19. The summed E-state index contributed by atoms with van der Waals surface area (Å²) in [7, 11) is 0. The van der Waals surface area contributed by atoms with Crippen LogP contribution in [0.25, 0.3) is 10.6 Å². The number of aromatic nitrogens is 1. The molecule has 2 rings (SSSR count). The van der Waals surface area contributed by atoms with Gasteiger partial charge in [0, 0.05) is 10.9 Å². The standard InChI is InChI=1S/C13H14N2O4S/c1-7(2)10(13(17)18)15-11(16)9-6-20-12(14-9)8-3-4-19-5-8/h3-7,10H,1-2H3,(H,15,16)(H,17,18)/t10-/m1/s1. The SMILES string of the molecule is CC(C)[C@@H](NC(=O)c1csc(-c2ccoc2)n1)C(=O)O. The van der Waals surface area contributed by atoms with Gasteiger partial charge in [-0.15, -0.1) is 11.3 Å². The molecule has 6 nitrogen and oxygen atoms in total. The highest BCUT2D eigenvalue weighted by Gasteiger charge is 2.25. The maximum absolute atomic E-state index is 12.0. The molecular formula is C13H14N2O4S. The topological polar surface area (TPSA) is 92.4 Å². The Bertz CT molecular complexity index is 604. The number of carbonyl (C=O) groups is 2. The number of carboxylic acids is 1. The van der Waals surface area contributed by atoms with E-state index in [-0.39, 0.29) is 11.6 Å². The van der Waals surface area contributed by atoms with Crippen molar-refractivity contribution in [3.63, 3.8) is 0 Å². The highest BCUT2D eigenvalue weighted by Crippen LogP contribution is 2.23. The van der Waals surface area contributed by atoms with Crippen molar-refractivity contribution in [1.29, 1.82) is 0 Å². The van der Waals surface area contributed by atoms with Crippen molar-refractivity contribution in [3.05, 3.63) is 29.7 Å². The van der Waals surface area contributed by atoms with Gasteiger partial charge in [0.1, 0.15) is 23.0 Å². The summed E-state index contributed by atoms with van der Waals surface area (Å²) >= 11 is 1.30. The molecule has 0 aliphatic rings. The quantitative estimate of drug-likeness (QED) is 0.882. The Labute approximate surface area is 119 Å². The van der Waals surface area contributed by atoms with E-state index in [4.69, 9.17) is 9.52 Å². The van der Waals surface area contributed by atoms with Crippen LogP contribution in [0.15, 0.2) is 28.4 Å². The first kappa shape index (κ1) is 14.3. The van der Waals surface area contributed by atoms with Crippen LogP contribution >= 0.6 is 11.3 Å². The minimum atomic E-state index is -1.06. The molecule has 0 bridgehead atoms. The van der Waals surface area contributed by atoms with Crippen LogP contribution in [-0.2, 0) is 4.79 Å². The summed E-state index contributed by atoms with van der Waals surface area (Å²) in [4.78, 5) is 27.2. The van der Waals surface area contributed by atoms with Gasteiger partial charge in [0.15, 0.2) is 0 Å². The molecule has 0 saturated carbocycles. The zero-order chi connectivity index (χ0) is 14.7. The molecule has 7 heteroatoms. The van der Waals surface area contributed by atoms with Gasteiger partial charge >= 0.3 is 5.97 Å². The number of hydrogen-bond acceptors (Lipinski definition) is 5. The first-order chi connectivity index (χ1) is 9.49. The van der Waals surface area contributed by atoms with Crippen molar-refractivity contribution in [3.8, 4) is 10.6 Å². The summed E-state index contributed by atoms with van der Waals surface area (Å²) in [5, 5.41) is 13.8. The first-order valence-corrected chi connectivity index (χ1v) is 6.88. The Balaban J connectivity index is 2.12. The largest absolute Gasteiger partial charge is 0.480 e. The molecule has 0 unspecified atom stereocenters. The molecule has 0 saturated heterocycles. The van der Waals surface area contributed by atoms with Crippen molar-refractivity contribution in [2.45, 2.75) is 19.9 Å². The number of amides is 1. The highest BCUT2D eigenvalue weighted by molar-refractivity contribution is 7.13. The van der Waals surface area contributed by atoms with Crippen LogP contribution in [0.3, 0.4) is 0 Å². The molecule has 0 spiro atoms. The van der Waals surface area contributed by atoms with E-state index in [0.29, 0.717) is 5.01 Å². The van der Waals surface area contributed by atoms with Crippen molar-refractivity contribution in [1.82, 2.24) is 10.3 Å². The smallest absolute Gasteiger partial charge is 0.326 e. The van der Waals surface area contributed by atoms with Gasteiger partial charge in [-0.25, -0.2) is 9.78 Å². The van der Waals surface area contributed by atoms with Crippen LogP contribution in [-0.4, -0.2) is 28.0 Å². The third-order valence-electron chi connectivity index (χ3n) is 2.72. The lowest BCUT2D eigenvalue weighted by Gasteiger charge is -2.16. The van der Waals surface area contributed by atoms with Crippen molar-refractivity contribution < 1.29 is 19.1 Å².